The quantitative estimate of drug-likeness (QED) is 0.305. The molecule has 0 spiro atoms. The molecule has 0 unspecified atom stereocenters. The van der Waals surface area contributed by atoms with Gasteiger partial charge in [0.25, 0.3) is 11.8 Å². The minimum absolute atomic E-state index is 0.00772. The van der Waals surface area contributed by atoms with Gasteiger partial charge in [0.05, 0.1) is 25.9 Å². The molecule has 1 saturated heterocycles. The average Bonchev–Trinajstić information content (AvgIpc) is 3.19. The van der Waals surface area contributed by atoms with Crippen molar-refractivity contribution in [3.8, 4) is 0 Å². The molecule has 2 heterocycles. The first-order valence-corrected chi connectivity index (χ1v) is 10.6. The number of amides is 4. The van der Waals surface area contributed by atoms with E-state index in [2.05, 4.69) is 0 Å². The molecule has 174 valence electrons. The van der Waals surface area contributed by atoms with Gasteiger partial charge in [-0.25, -0.2) is 9.69 Å². The van der Waals surface area contributed by atoms with Crippen molar-refractivity contribution in [3.63, 3.8) is 0 Å². The SMILES string of the molecule is COCCN1C(=O)C(=Cc2cn(CC(=O)OC)c3ccccc23)C(=O)N(c2ccccc2)C1=O. The van der Waals surface area contributed by atoms with Crippen LogP contribution >= 0.6 is 0 Å². The Morgan fingerprint density at radius 2 is 1.65 bits per heavy atom. The van der Waals surface area contributed by atoms with E-state index in [0.29, 0.717) is 11.3 Å². The van der Waals surface area contributed by atoms with Gasteiger partial charge in [-0.1, -0.05) is 36.4 Å². The van der Waals surface area contributed by atoms with Crippen LogP contribution in [-0.2, 0) is 30.4 Å². The summed E-state index contributed by atoms with van der Waals surface area (Å²) in [6, 6.07) is 15.0. The van der Waals surface area contributed by atoms with E-state index in [0.717, 1.165) is 20.7 Å². The van der Waals surface area contributed by atoms with Gasteiger partial charge >= 0.3 is 12.0 Å². The normalized spacial score (nSPS) is 15.5. The van der Waals surface area contributed by atoms with Gasteiger partial charge in [-0.05, 0) is 24.3 Å². The third-order valence-corrected chi connectivity index (χ3v) is 5.51. The molecule has 34 heavy (non-hydrogen) atoms. The molecule has 0 N–H and O–H groups in total. The first-order chi connectivity index (χ1) is 16.5. The molecule has 0 radical (unpaired) electrons. The van der Waals surface area contributed by atoms with Crippen molar-refractivity contribution in [1.82, 2.24) is 9.47 Å². The van der Waals surface area contributed by atoms with E-state index in [1.165, 1.54) is 20.3 Å². The van der Waals surface area contributed by atoms with Gasteiger partial charge in [0, 0.05) is 29.8 Å². The molecule has 0 bridgehead atoms. The summed E-state index contributed by atoms with van der Waals surface area (Å²) in [4.78, 5) is 53.6. The van der Waals surface area contributed by atoms with Crippen molar-refractivity contribution in [3.05, 3.63) is 71.9 Å². The van der Waals surface area contributed by atoms with Crippen LogP contribution in [0.25, 0.3) is 17.0 Å². The molecule has 1 aliphatic rings. The van der Waals surface area contributed by atoms with E-state index in [1.807, 2.05) is 24.3 Å². The molecular weight excluding hydrogens is 438 g/mol. The summed E-state index contributed by atoms with van der Waals surface area (Å²) in [6.07, 6.45) is 3.14. The second-order valence-corrected chi connectivity index (χ2v) is 7.57. The third-order valence-electron chi connectivity index (χ3n) is 5.51. The van der Waals surface area contributed by atoms with Crippen LogP contribution in [0.1, 0.15) is 5.56 Å². The lowest BCUT2D eigenvalue weighted by atomic mass is 10.0. The van der Waals surface area contributed by atoms with Crippen molar-refractivity contribution < 1.29 is 28.7 Å². The molecule has 0 aliphatic carbocycles. The summed E-state index contributed by atoms with van der Waals surface area (Å²) >= 11 is 0. The zero-order valence-electron chi connectivity index (χ0n) is 18.8. The highest BCUT2D eigenvalue weighted by molar-refractivity contribution is 6.39. The van der Waals surface area contributed by atoms with Crippen molar-refractivity contribution >= 4 is 46.5 Å². The molecule has 1 fully saturated rings. The number of nitrogens with zero attached hydrogens (tertiary/aromatic N) is 3. The van der Waals surface area contributed by atoms with Gasteiger partial charge in [0.2, 0.25) is 0 Å². The number of carbonyl (C=O) groups excluding carboxylic acids is 4. The Kier molecular flexibility index (Phi) is 6.55. The number of imide groups is 2. The van der Waals surface area contributed by atoms with Crippen molar-refractivity contribution in [2.24, 2.45) is 0 Å². The highest BCUT2D eigenvalue weighted by atomic mass is 16.5. The lowest BCUT2D eigenvalue weighted by Gasteiger charge is -2.33. The minimum atomic E-state index is -0.733. The van der Waals surface area contributed by atoms with E-state index in [-0.39, 0.29) is 25.3 Å². The molecule has 2 aromatic carbocycles. The van der Waals surface area contributed by atoms with Gasteiger partial charge in [0.15, 0.2) is 0 Å². The third kappa shape index (κ3) is 4.20. The Hall–Kier alpha value is -4.24. The number of esters is 1. The summed E-state index contributed by atoms with van der Waals surface area (Å²) in [5, 5.41) is 0.742. The van der Waals surface area contributed by atoms with Gasteiger partial charge in [-0.2, -0.15) is 0 Å². The number of hydrogen-bond donors (Lipinski definition) is 0. The fourth-order valence-electron chi connectivity index (χ4n) is 3.84. The first kappa shape index (κ1) is 22.9. The number of para-hydroxylation sites is 2. The smallest absolute Gasteiger partial charge is 0.338 e. The molecule has 9 nitrogen and oxygen atoms in total. The number of barbiturate groups is 1. The second kappa shape index (κ2) is 9.72. The molecule has 0 saturated carbocycles. The van der Waals surface area contributed by atoms with E-state index in [9.17, 15) is 19.2 Å². The highest BCUT2D eigenvalue weighted by Crippen LogP contribution is 2.29. The number of ether oxygens (including phenoxy) is 2. The molecule has 9 heteroatoms. The number of carbonyl (C=O) groups is 4. The summed E-state index contributed by atoms with van der Waals surface area (Å²) in [5.74, 6) is -1.86. The van der Waals surface area contributed by atoms with Crippen molar-refractivity contribution in [1.29, 1.82) is 0 Å². The largest absolute Gasteiger partial charge is 0.468 e. The maximum Gasteiger partial charge on any atom is 0.338 e. The Balaban J connectivity index is 1.83. The summed E-state index contributed by atoms with van der Waals surface area (Å²) in [6.45, 7) is 0.0862. The average molecular weight is 461 g/mol. The summed E-state index contributed by atoms with van der Waals surface area (Å²) in [5.41, 5.74) is 1.49. The first-order valence-electron chi connectivity index (χ1n) is 10.6. The Morgan fingerprint density at radius 3 is 2.35 bits per heavy atom. The predicted molar refractivity (Wildman–Crippen MR) is 125 cm³/mol. The summed E-state index contributed by atoms with van der Waals surface area (Å²) in [7, 11) is 2.77. The number of methoxy groups -OCH3 is 2. The molecule has 0 atom stereocenters. The maximum absolute atomic E-state index is 13.4. The van der Waals surface area contributed by atoms with Gasteiger partial charge in [0.1, 0.15) is 12.1 Å². The fourth-order valence-corrected chi connectivity index (χ4v) is 3.84. The topological polar surface area (TPSA) is 98.2 Å². The van der Waals surface area contributed by atoms with Crippen molar-refractivity contribution in [2.75, 3.05) is 32.3 Å². The monoisotopic (exact) mass is 461 g/mol. The zero-order chi connectivity index (χ0) is 24.2. The lowest BCUT2D eigenvalue weighted by Crippen LogP contribution is -2.57. The number of benzene rings is 2. The van der Waals surface area contributed by atoms with Crippen molar-refractivity contribution in [2.45, 2.75) is 6.54 Å². The number of rotatable bonds is 7. The fraction of sp³-hybridized carbons (Fsp3) is 0.200. The molecule has 1 aliphatic heterocycles. The van der Waals surface area contributed by atoms with Crippen LogP contribution in [0.15, 0.2) is 66.4 Å². The van der Waals surface area contributed by atoms with Gasteiger partial charge in [-0.15, -0.1) is 0 Å². The second-order valence-electron chi connectivity index (χ2n) is 7.57. The lowest BCUT2D eigenvalue weighted by molar-refractivity contribution is -0.141. The van der Waals surface area contributed by atoms with E-state index < -0.39 is 23.8 Å². The van der Waals surface area contributed by atoms with E-state index in [4.69, 9.17) is 9.47 Å². The molecule has 1 aromatic heterocycles. The van der Waals surface area contributed by atoms with Crippen LogP contribution in [0, 0.1) is 0 Å². The Labute approximate surface area is 195 Å². The van der Waals surface area contributed by atoms with Crippen LogP contribution in [0.4, 0.5) is 10.5 Å². The van der Waals surface area contributed by atoms with Crippen LogP contribution in [0.2, 0.25) is 0 Å². The number of hydrogen-bond acceptors (Lipinski definition) is 6. The number of urea groups is 1. The summed E-state index contributed by atoms with van der Waals surface area (Å²) < 4.78 is 11.5. The molecule has 4 rings (SSSR count). The predicted octanol–water partition coefficient (Wildman–Crippen LogP) is 2.84. The van der Waals surface area contributed by atoms with Crippen LogP contribution in [0.3, 0.4) is 0 Å². The standard InChI is InChI=1S/C25H23N3O6/c1-33-13-12-27-23(30)20(24(31)28(25(27)32)18-8-4-3-5-9-18)14-17-15-26(16-22(29)34-2)21-11-7-6-10-19(17)21/h3-11,14-15H,12-13,16H2,1-2H3. The van der Waals surface area contributed by atoms with Crippen LogP contribution < -0.4 is 4.90 Å². The zero-order valence-corrected chi connectivity index (χ0v) is 18.8. The molecular formula is C25H23N3O6. The molecule has 4 amide bonds. The van der Waals surface area contributed by atoms with E-state index >= 15 is 0 Å². The van der Waals surface area contributed by atoms with Gasteiger partial charge < -0.3 is 14.0 Å². The van der Waals surface area contributed by atoms with Crippen LogP contribution in [0.5, 0.6) is 0 Å². The maximum atomic E-state index is 13.4. The van der Waals surface area contributed by atoms with Crippen LogP contribution in [-0.4, -0.2) is 60.7 Å². The number of aromatic nitrogens is 1. The highest BCUT2D eigenvalue weighted by Gasteiger charge is 2.42. The molecule has 3 aromatic rings. The number of fused-ring (bicyclic) bond motifs is 1. The Morgan fingerprint density at radius 1 is 0.941 bits per heavy atom. The van der Waals surface area contributed by atoms with Gasteiger partial charge in [-0.3, -0.25) is 19.3 Å². The van der Waals surface area contributed by atoms with E-state index in [1.54, 1.807) is 41.1 Å². The number of anilines is 1. The Bertz CT molecular complexity index is 1290. The minimum Gasteiger partial charge on any atom is -0.468 e.